The second kappa shape index (κ2) is 6.54. The van der Waals surface area contributed by atoms with Crippen LogP contribution in [-0.4, -0.2) is 39.2 Å². The highest BCUT2D eigenvalue weighted by Crippen LogP contribution is 2.20. The van der Waals surface area contributed by atoms with Crippen LogP contribution in [0.2, 0.25) is 0 Å². The van der Waals surface area contributed by atoms with Gasteiger partial charge in [-0.3, -0.25) is 0 Å². The summed E-state index contributed by atoms with van der Waals surface area (Å²) in [5, 5.41) is 3.34. The lowest BCUT2D eigenvalue weighted by Crippen LogP contribution is -2.27. The van der Waals surface area contributed by atoms with Crippen molar-refractivity contribution in [1.82, 2.24) is 5.32 Å². The van der Waals surface area contributed by atoms with Gasteiger partial charge in [0.2, 0.25) is 0 Å². The molecule has 1 fully saturated rings. The van der Waals surface area contributed by atoms with Crippen molar-refractivity contribution in [2.75, 3.05) is 37.7 Å². The monoisotopic (exact) mass is 256 g/mol. The number of nitrogens with zero attached hydrogens (tertiary/aromatic N) is 1. The fourth-order valence-electron chi connectivity index (χ4n) is 2.02. The van der Waals surface area contributed by atoms with Crippen molar-refractivity contribution in [3.63, 3.8) is 0 Å². The van der Waals surface area contributed by atoms with Gasteiger partial charge in [0.1, 0.15) is 12.4 Å². The molecule has 1 aliphatic rings. The van der Waals surface area contributed by atoms with Crippen LogP contribution in [0.25, 0.3) is 0 Å². The van der Waals surface area contributed by atoms with E-state index >= 15 is 0 Å². The highest BCUT2D eigenvalue weighted by atomic mass is 19.3. The van der Waals surface area contributed by atoms with Crippen molar-refractivity contribution in [2.45, 2.75) is 12.8 Å². The molecule has 1 aromatic carbocycles. The van der Waals surface area contributed by atoms with E-state index in [2.05, 4.69) is 10.2 Å². The average Bonchev–Trinajstić information content (AvgIpc) is 2.66. The minimum Gasteiger partial charge on any atom is -0.488 e. The average molecular weight is 256 g/mol. The summed E-state index contributed by atoms with van der Waals surface area (Å²) in [6, 6.07) is 7.34. The summed E-state index contributed by atoms with van der Waals surface area (Å²) in [5.41, 5.74) is 1.11. The third-order valence-electron chi connectivity index (χ3n) is 2.92. The van der Waals surface area contributed by atoms with E-state index in [0.717, 1.165) is 38.3 Å². The molecule has 18 heavy (non-hydrogen) atoms. The Morgan fingerprint density at radius 3 is 2.67 bits per heavy atom. The Kier molecular flexibility index (Phi) is 4.75. The van der Waals surface area contributed by atoms with Crippen molar-refractivity contribution in [1.29, 1.82) is 0 Å². The molecule has 100 valence electrons. The molecular weight excluding hydrogens is 238 g/mol. The SMILES string of the molecule is FC(F)COc1ccc(N2CCCNCC2)cc1. The van der Waals surface area contributed by atoms with E-state index in [4.69, 9.17) is 4.74 Å². The number of anilines is 1. The Labute approximate surface area is 106 Å². The molecule has 2 rings (SSSR count). The molecule has 1 heterocycles. The zero-order chi connectivity index (χ0) is 12.8. The molecule has 1 saturated heterocycles. The van der Waals surface area contributed by atoms with E-state index in [0.29, 0.717) is 5.75 Å². The topological polar surface area (TPSA) is 24.5 Å². The van der Waals surface area contributed by atoms with Crippen LogP contribution < -0.4 is 15.0 Å². The first-order chi connectivity index (χ1) is 8.75. The predicted octanol–water partition coefficient (Wildman–Crippen LogP) is 2.13. The van der Waals surface area contributed by atoms with E-state index in [1.54, 1.807) is 12.1 Å². The maximum atomic E-state index is 12.0. The van der Waals surface area contributed by atoms with E-state index in [-0.39, 0.29) is 0 Å². The van der Waals surface area contributed by atoms with Crippen LogP contribution in [0.15, 0.2) is 24.3 Å². The summed E-state index contributed by atoms with van der Waals surface area (Å²) in [7, 11) is 0. The molecular formula is C13H18F2N2O. The first-order valence-electron chi connectivity index (χ1n) is 6.22. The zero-order valence-corrected chi connectivity index (χ0v) is 10.2. The fraction of sp³-hybridized carbons (Fsp3) is 0.538. The second-order valence-electron chi connectivity index (χ2n) is 4.29. The minimum absolute atomic E-state index is 0.493. The summed E-state index contributed by atoms with van der Waals surface area (Å²) in [6.45, 7) is 3.46. The van der Waals surface area contributed by atoms with E-state index in [9.17, 15) is 8.78 Å². The highest BCUT2D eigenvalue weighted by Gasteiger charge is 2.09. The molecule has 0 bridgehead atoms. The molecule has 1 N–H and O–H groups in total. The van der Waals surface area contributed by atoms with E-state index in [1.807, 2.05) is 12.1 Å². The first kappa shape index (κ1) is 13.1. The number of alkyl halides is 2. The normalized spacial score (nSPS) is 16.7. The summed E-state index contributed by atoms with van der Waals surface area (Å²) < 4.78 is 28.9. The Balaban J connectivity index is 1.93. The fourth-order valence-corrected chi connectivity index (χ4v) is 2.02. The summed E-state index contributed by atoms with van der Waals surface area (Å²) in [6.07, 6.45) is -1.31. The molecule has 0 aliphatic carbocycles. The van der Waals surface area contributed by atoms with Crippen LogP contribution in [-0.2, 0) is 0 Å². The lowest BCUT2D eigenvalue weighted by Gasteiger charge is -2.22. The van der Waals surface area contributed by atoms with Crippen LogP contribution in [0.1, 0.15) is 6.42 Å². The van der Waals surface area contributed by atoms with E-state index in [1.165, 1.54) is 0 Å². The third-order valence-corrected chi connectivity index (χ3v) is 2.92. The Morgan fingerprint density at radius 1 is 1.17 bits per heavy atom. The summed E-state index contributed by atoms with van der Waals surface area (Å²) in [5.74, 6) is 0.493. The number of ether oxygens (including phenoxy) is 1. The largest absolute Gasteiger partial charge is 0.488 e. The van der Waals surface area contributed by atoms with Crippen LogP contribution in [0.4, 0.5) is 14.5 Å². The molecule has 0 spiro atoms. The van der Waals surface area contributed by atoms with Gasteiger partial charge in [0.15, 0.2) is 0 Å². The van der Waals surface area contributed by atoms with Gasteiger partial charge in [-0.2, -0.15) is 0 Å². The van der Waals surface area contributed by atoms with Gasteiger partial charge in [0.05, 0.1) is 0 Å². The maximum Gasteiger partial charge on any atom is 0.272 e. The number of nitrogens with one attached hydrogen (secondary N) is 1. The van der Waals surface area contributed by atoms with Gasteiger partial charge in [-0.25, -0.2) is 8.78 Å². The molecule has 5 heteroatoms. The summed E-state index contributed by atoms with van der Waals surface area (Å²) >= 11 is 0. The summed E-state index contributed by atoms with van der Waals surface area (Å²) in [4.78, 5) is 2.29. The maximum absolute atomic E-state index is 12.0. The second-order valence-corrected chi connectivity index (χ2v) is 4.29. The molecule has 0 amide bonds. The standard InChI is InChI=1S/C13H18F2N2O/c14-13(15)10-18-12-4-2-11(3-5-12)17-8-1-6-16-7-9-17/h2-5,13,16H,1,6-10H2. The lowest BCUT2D eigenvalue weighted by molar-refractivity contribution is 0.0819. The lowest BCUT2D eigenvalue weighted by atomic mass is 10.2. The Morgan fingerprint density at radius 2 is 1.94 bits per heavy atom. The van der Waals surface area contributed by atoms with Crippen LogP contribution in [0, 0.1) is 0 Å². The van der Waals surface area contributed by atoms with Crippen molar-refractivity contribution in [2.24, 2.45) is 0 Å². The van der Waals surface area contributed by atoms with Crippen LogP contribution in [0.5, 0.6) is 5.75 Å². The Bertz CT molecular complexity index is 349. The highest BCUT2D eigenvalue weighted by molar-refractivity contribution is 5.49. The molecule has 0 saturated carbocycles. The van der Waals surface area contributed by atoms with Crippen molar-refractivity contribution < 1.29 is 13.5 Å². The first-order valence-corrected chi connectivity index (χ1v) is 6.22. The molecule has 0 radical (unpaired) electrons. The quantitative estimate of drug-likeness (QED) is 0.893. The predicted molar refractivity (Wildman–Crippen MR) is 67.6 cm³/mol. The van der Waals surface area contributed by atoms with Crippen molar-refractivity contribution in [3.05, 3.63) is 24.3 Å². The molecule has 0 atom stereocenters. The third kappa shape index (κ3) is 3.84. The number of rotatable bonds is 4. The van der Waals surface area contributed by atoms with Gasteiger partial charge < -0.3 is 15.0 Å². The smallest absolute Gasteiger partial charge is 0.272 e. The van der Waals surface area contributed by atoms with Gasteiger partial charge in [0.25, 0.3) is 6.43 Å². The number of halogens is 2. The van der Waals surface area contributed by atoms with Gasteiger partial charge >= 0.3 is 0 Å². The molecule has 0 unspecified atom stereocenters. The van der Waals surface area contributed by atoms with Crippen molar-refractivity contribution >= 4 is 5.69 Å². The van der Waals surface area contributed by atoms with Gasteiger partial charge in [-0.1, -0.05) is 0 Å². The molecule has 1 aliphatic heterocycles. The van der Waals surface area contributed by atoms with Gasteiger partial charge in [-0.05, 0) is 37.2 Å². The van der Waals surface area contributed by atoms with Crippen LogP contribution in [0.3, 0.4) is 0 Å². The van der Waals surface area contributed by atoms with Crippen LogP contribution >= 0.6 is 0 Å². The molecule has 1 aromatic rings. The number of hydrogen-bond donors (Lipinski definition) is 1. The van der Waals surface area contributed by atoms with Crippen molar-refractivity contribution in [3.8, 4) is 5.75 Å². The molecule has 0 aromatic heterocycles. The number of hydrogen-bond acceptors (Lipinski definition) is 3. The zero-order valence-electron chi connectivity index (χ0n) is 10.2. The van der Waals surface area contributed by atoms with Gasteiger partial charge in [0, 0.05) is 25.3 Å². The molecule has 3 nitrogen and oxygen atoms in total. The number of benzene rings is 1. The van der Waals surface area contributed by atoms with E-state index < -0.39 is 13.0 Å². The Hall–Kier alpha value is -1.36. The van der Waals surface area contributed by atoms with Gasteiger partial charge in [-0.15, -0.1) is 0 Å². The minimum atomic E-state index is -2.43.